The fourth-order valence-corrected chi connectivity index (χ4v) is 3.69. The van der Waals surface area contributed by atoms with Crippen LogP contribution in [-0.2, 0) is 17.9 Å². The van der Waals surface area contributed by atoms with Crippen LogP contribution in [0.1, 0.15) is 28.1 Å². The molecule has 1 heterocycles. The van der Waals surface area contributed by atoms with E-state index in [1.807, 2.05) is 74.5 Å². The van der Waals surface area contributed by atoms with Gasteiger partial charge in [-0.15, -0.1) is 0 Å². The number of carbonyl (C=O) groups is 1. The Kier molecular flexibility index (Phi) is 6.26. The number of carbonyl (C=O) groups excluding carboxylic acids is 1. The zero-order valence-corrected chi connectivity index (χ0v) is 18.2. The average Bonchev–Trinajstić information content (AvgIpc) is 2.78. The molecule has 1 amide bonds. The predicted octanol–water partition coefficient (Wildman–Crippen LogP) is 4.78. The van der Waals surface area contributed by atoms with Crippen LogP contribution in [0.3, 0.4) is 0 Å². The van der Waals surface area contributed by atoms with E-state index in [0.29, 0.717) is 23.3 Å². The predicted molar refractivity (Wildman–Crippen MR) is 128 cm³/mol. The molecule has 0 aliphatic heterocycles. The second kappa shape index (κ2) is 9.43. The molecule has 0 unspecified atom stereocenters. The molecule has 0 saturated heterocycles. The molecule has 0 radical (unpaired) electrons. The number of benzene rings is 3. The van der Waals surface area contributed by atoms with Gasteiger partial charge >= 0.3 is 0 Å². The smallest absolute Gasteiger partial charge is 0.258 e. The minimum absolute atomic E-state index is 0.148. The van der Waals surface area contributed by atoms with Crippen LogP contribution in [-0.4, -0.2) is 20.8 Å². The Morgan fingerprint density at radius 1 is 0.969 bits per heavy atom. The number of H-pyrrole nitrogens is 1. The normalized spacial score (nSPS) is 11.2. The van der Waals surface area contributed by atoms with E-state index < -0.39 is 0 Å². The first-order valence-corrected chi connectivity index (χ1v) is 10.6. The molecule has 0 atom stereocenters. The van der Waals surface area contributed by atoms with Gasteiger partial charge < -0.3 is 9.88 Å². The number of hydrogen-bond acceptors (Lipinski definition) is 3. The third-order valence-electron chi connectivity index (χ3n) is 5.36. The quantitative estimate of drug-likeness (QED) is 0.454. The molecular formula is C27H25N3O2. The Morgan fingerprint density at radius 3 is 2.50 bits per heavy atom. The molecule has 5 nitrogen and oxygen atoms in total. The van der Waals surface area contributed by atoms with Crippen molar-refractivity contribution < 1.29 is 4.79 Å². The highest BCUT2D eigenvalue weighted by molar-refractivity contribution is 5.92. The number of rotatable bonds is 6. The number of nitrogens with one attached hydrogen (secondary N) is 1. The number of aryl methyl sites for hydroxylation is 2. The summed E-state index contributed by atoms with van der Waals surface area (Å²) in [7, 11) is 0. The monoisotopic (exact) mass is 423 g/mol. The van der Waals surface area contributed by atoms with E-state index in [2.05, 4.69) is 16.0 Å². The summed E-state index contributed by atoms with van der Waals surface area (Å²) >= 11 is 0. The minimum atomic E-state index is -0.205. The highest BCUT2D eigenvalue weighted by atomic mass is 16.2. The van der Waals surface area contributed by atoms with Gasteiger partial charge in [-0.05, 0) is 48.7 Å². The third-order valence-corrected chi connectivity index (χ3v) is 5.36. The summed E-state index contributed by atoms with van der Waals surface area (Å²) < 4.78 is 0. The molecule has 0 aliphatic carbocycles. The van der Waals surface area contributed by atoms with Crippen molar-refractivity contribution in [3.8, 4) is 0 Å². The number of amides is 1. The zero-order valence-electron chi connectivity index (χ0n) is 18.2. The second-order valence-electron chi connectivity index (χ2n) is 7.90. The molecule has 1 aromatic heterocycles. The molecule has 4 rings (SSSR count). The Balaban J connectivity index is 1.63. The van der Waals surface area contributed by atoms with E-state index in [-0.39, 0.29) is 18.0 Å². The van der Waals surface area contributed by atoms with E-state index >= 15 is 0 Å². The highest BCUT2D eigenvalue weighted by Gasteiger charge is 2.15. The fraction of sp³-hybridized carbons (Fsp3) is 0.148. The van der Waals surface area contributed by atoms with Crippen LogP contribution < -0.4 is 5.56 Å². The van der Waals surface area contributed by atoms with E-state index in [0.717, 1.165) is 16.7 Å². The van der Waals surface area contributed by atoms with Gasteiger partial charge in [-0.25, -0.2) is 4.98 Å². The summed E-state index contributed by atoms with van der Waals surface area (Å²) in [5, 5.41) is 0.534. The Bertz CT molecular complexity index is 1340. The Morgan fingerprint density at radius 2 is 1.72 bits per heavy atom. The first-order chi connectivity index (χ1) is 15.5. The summed E-state index contributed by atoms with van der Waals surface area (Å²) in [6.07, 6.45) is 3.42. The van der Waals surface area contributed by atoms with Gasteiger partial charge in [0.1, 0.15) is 5.82 Å². The van der Waals surface area contributed by atoms with Crippen molar-refractivity contribution in [3.05, 3.63) is 117 Å². The fourth-order valence-electron chi connectivity index (χ4n) is 3.69. The van der Waals surface area contributed by atoms with E-state index in [9.17, 15) is 9.59 Å². The van der Waals surface area contributed by atoms with Crippen LogP contribution >= 0.6 is 0 Å². The van der Waals surface area contributed by atoms with Crippen LogP contribution in [0.2, 0.25) is 0 Å². The molecule has 32 heavy (non-hydrogen) atoms. The van der Waals surface area contributed by atoms with Crippen molar-refractivity contribution in [1.29, 1.82) is 0 Å². The minimum Gasteiger partial charge on any atom is -0.327 e. The molecule has 1 N–H and O–H groups in total. The number of aromatic nitrogens is 2. The van der Waals surface area contributed by atoms with Gasteiger partial charge in [-0.1, -0.05) is 66.2 Å². The lowest BCUT2D eigenvalue weighted by Gasteiger charge is -2.21. The maximum absolute atomic E-state index is 13.2. The van der Waals surface area contributed by atoms with Gasteiger partial charge in [-0.2, -0.15) is 0 Å². The molecule has 0 spiro atoms. The lowest BCUT2D eigenvalue weighted by atomic mass is 10.1. The van der Waals surface area contributed by atoms with Gasteiger partial charge in [0, 0.05) is 12.6 Å². The number of nitrogens with zero attached hydrogens (tertiary/aromatic N) is 2. The molecular weight excluding hydrogens is 398 g/mol. The molecule has 0 fully saturated rings. The van der Waals surface area contributed by atoms with Crippen LogP contribution in [0, 0.1) is 13.8 Å². The standard InChI is InChI=1S/C27H25N3O2/c1-19-12-13-22(20(2)16-19)14-15-26(31)30(17-21-8-4-3-5-9-21)18-25-28-24-11-7-6-10-23(24)27(32)29-25/h3-16H,17-18H2,1-2H3,(H,28,29,32)/b15-14+. The largest absolute Gasteiger partial charge is 0.327 e. The van der Waals surface area contributed by atoms with E-state index in [1.165, 1.54) is 5.56 Å². The van der Waals surface area contributed by atoms with Crippen LogP contribution in [0.25, 0.3) is 17.0 Å². The first-order valence-electron chi connectivity index (χ1n) is 10.6. The molecule has 3 aromatic carbocycles. The Hall–Kier alpha value is -3.99. The number of fused-ring (bicyclic) bond motifs is 1. The molecule has 5 heteroatoms. The summed E-state index contributed by atoms with van der Waals surface area (Å²) in [4.78, 5) is 34.7. The van der Waals surface area contributed by atoms with Gasteiger partial charge in [0.25, 0.3) is 5.56 Å². The summed E-state index contributed by atoms with van der Waals surface area (Å²) in [5.41, 5.74) is 4.71. The van der Waals surface area contributed by atoms with Gasteiger partial charge in [0.15, 0.2) is 0 Å². The van der Waals surface area contributed by atoms with Gasteiger partial charge in [-0.3, -0.25) is 9.59 Å². The van der Waals surface area contributed by atoms with Crippen molar-refractivity contribution in [3.63, 3.8) is 0 Å². The SMILES string of the molecule is Cc1ccc(/C=C/C(=O)N(Cc2ccccc2)Cc2nc3ccccc3c(=O)[nH]2)c(C)c1. The van der Waals surface area contributed by atoms with Crippen molar-refractivity contribution in [1.82, 2.24) is 14.9 Å². The van der Waals surface area contributed by atoms with Crippen molar-refractivity contribution in [2.45, 2.75) is 26.9 Å². The zero-order chi connectivity index (χ0) is 22.5. The molecule has 4 aromatic rings. The highest BCUT2D eigenvalue weighted by Crippen LogP contribution is 2.14. The average molecular weight is 424 g/mol. The lowest BCUT2D eigenvalue weighted by Crippen LogP contribution is -2.30. The number of para-hydroxylation sites is 1. The summed E-state index contributed by atoms with van der Waals surface area (Å²) in [6, 6.07) is 23.1. The van der Waals surface area contributed by atoms with Crippen LogP contribution in [0.15, 0.2) is 83.7 Å². The molecule has 0 aliphatic rings. The van der Waals surface area contributed by atoms with Crippen LogP contribution in [0.4, 0.5) is 0 Å². The first kappa shape index (κ1) is 21.2. The van der Waals surface area contributed by atoms with Crippen LogP contribution in [0.5, 0.6) is 0 Å². The van der Waals surface area contributed by atoms with Gasteiger partial charge in [0.05, 0.1) is 17.4 Å². The molecule has 0 bridgehead atoms. The molecule has 0 saturated carbocycles. The maximum Gasteiger partial charge on any atom is 0.258 e. The topological polar surface area (TPSA) is 66.1 Å². The van der Waals surface area contributed by atoms with Crippen molar-refractivity contribution >= 4 is 22.9 Å². The summed E-state index contributed by atoms with van der Waals surface area (Å²) in [5.74, 6) is 0.308. The van der Waals surface area contributed by atoms with E-state index in [1.54, 1.807) is 23.1 Å². The number of aromatic amines is 1. The third kappa shape index (κ3) is 5.01. The van der Waals surface area contributed by atoms with Crippen molar-refractivity contribution in [2.24, 2.45) is 0 Å². The van der Waals surface area contributed by atoms with Gasteiger partial charge in [0.2, 0.25) is 5.91 Å². The maximum atomic E-state index is 13.2. The molecule has 160 valence electrons. The summed E-state index contributed by atoms with van der Waals surface area (Å²) in [6.45, 7) is 4.69. The van der Waals surface area contributed by atoms with E-state index in [4.69, 9.17) is 0 Å². The second-order valence-corrected chi connectivity index (χ2v) is 7.90. The number of hydrogen-bond donors (Lipinski definition) is 1. The lowest BCUT2D eigenvalue weighted by molar-refractivity contribution is -0.127. The van der Waals surface area contributed by atoms with Crippen molar-refractivity contribution in [2.75, 3.05) is 0 Å². The Labute approximate surface area is 187 Å².